The van der Waals surface area contributed by atoms with Gasteiger partial charge in [0.2, 0.25) is 0 Å². The van der Waals surface area contributed by atoms with Crippen molar-refractivity contribution in [2.24, 2.45) is 7.05 Å². The van der Waals surface area contributed by atoms with Crippen molar-refractivity contribution in [3.63, 3.8) is 0 Å². The molecular formula is C22H20ClF3N4O. The average Bonchev–Trinajstić information content (AvgIpc) is 3.08. The fraction of sp³-hybridized carbons (Fsp3) is 0.273. The number of hydrogen-bond donors (Lipinski definition) is 2. The number of aryl methyl sites for hydroxylation is 1. The van der Waals surface area contributed by atoms with E-state index in [-0.39, 0.29) is 23.1 Å². The van der Waals surface area contributed by atoms with Crippen LogP contribution in [-0.4, -0.2) is 34.8 Å². The van der Waals surface area contributed by atoms with Gasteiger partial charge in [0.05, 0.1) is 16.9 Å². The highest BCUT2D eigenvalue weighted by molar-refractivity contribution is 6.33. The van der Waals surface area contributed by atoms with Crippen molar-refractivity contribution in [3.8, 4) is 11.3 Å². The van der Waals surface area contributed by atoms with Crippen LogP contribution >= 0.6 is 11.6 Å². The van der Waals surface area contributed by atoms with Crippen LogP contribution in [0.15, 0.2) is 42.6 Å². The lowest BCUT2D eigenvalue weighted by atomic mass is 9.85. The Bertz CT molecular complexity index is 1110. The van der Waals surface area contributed by atoms with E-state index in [1.165, 1.54) is 29.1 Å². The third-order valence-electron chi connectivity index (χ3n) is 5.55. The van der Waals surface area contributed by atoms with E-state index in [1.807, 2.05) is 0 Å². The Kier molecular flexibility index (Phi) is 6.02. The van der Waals surface area contributed by atoms with Crippen molar-refractivity contribution in [2.75, 3.05) is 13.1 Å². The number of piperidine rings is 1. The maximum atomic E-state index is 14.8. The molecule has 1 aliphatic rings. The second-order valence-corrected chi connectivity index (χ2v) is 7.92. The predicted molar refractivity (Wildman–Crippen MR) is 111 cm³/mol. The van der Waals surface area contributed by atoms with E-state index in [0.717, 1.165) is 18.2 Å². The Labute approximate surface area is 182 Å². The van der Waals surface area contributed by atoms with Crippen LogP contribution in [0.5, 0.6) is 0 Å². The van der Waals surface area contributed by atoms with Gasteiger partial charge in [-0.15, -0.1) is 0 Å². The van der Waals surface area contributed by atoms with E-state index in [4.69, 9.17) is 11.6 Å². The van der Waals surface area contributed by atoms with Crippen molar-refractivity contribution >= 4 is 17.5 Å². The standard InChI is InChI=1S/C22H20ClF3N4O/c1-30-21(16(23)10-28-30)15-4-2-13(9-18(15)25)22(31)29-20-11-27-7-6-14(20)12-3-5-17(24)19(26)8-12/h2-5,8-10,14,20,27H,6-7,11H2,1H3,(H,29,31)/t14-,20+/m0/s1. The van der Waals surface area contributed by atoms with E-state index in [1.54, 1.807) is 7.05 Å². The van der Waals surface area contributed by atoms with Crippen LogP contribution in [0, 0.1) is 17.5 Å². The highest BCUT2D eigenvalue weighted by Gasteiger charge is 2.29. The lowest BCUT2D eigenvalue weighted by molar-refractivity contribution is 0.0924. The lowest BCUT2D eigenvalue weighted by Crippen LogP contribution is -2.50. The van der Waals surface area contributed by atoms with Crippen molar-refractivity contribution < 1.29 is 18.0 Å². The van der Waals surface area contributed by atoms with Gasteiger partial charge < -0.3 is 10.6 Å². The minimum absolute atomic E-state index is 0.147. The fourth-order valence-corrected chi connectivity index (χ4v) is 4.23. The molecule has 1 aliphatic heterocycles. The van der Waals surface area contributed by atoms with Gasteiger partial charge in [-0.3, -0.25) is 9.48 Å². The molecule has 3 aromatic rings. The highest BCUT2D eigenvalue weighted by atomic mass is 35.5. The molecule has 5 nitrogen and oxygen atoms in total. The van der Waals surface area contributed by atoms with Crippen LogP contribution in [0.2, 0.25) is 5.02 Å². The average molecular weight is 449 g/mol. The molecule has 2 atom stereocenters. The molecule has 9 heteroatoms. The molecule has 4 rings (SSSR count). The van der Waals surface area contributed by atoms with Gasteiger partial charge >= 0.3 is 0 Å². The van der Waals surface area contributed by atoms with Gasteiger partial charge in [-0.05, 0) is 48.9 Å². The zero-order chi connectivity index (χ0) is 22.1. The Morgan fingerprint density at radius 2 is 1.97 bits per heavy atom. The lowest BCUT2D eigenvalue weighted by Gasteiger charge is -2.33. The minimum Gasteiger partial charge on any atom is -0.347 e. The highest BCUT2D eigenvalue weighted by Crippen LogP contribution is 2.30. The Morgan fingerprint density at radius 1 is 1.16 bits per heavy atom. The first-order chi connectivity index (χ1) is 14.8. The Hall–Kier alpha value is -2.84. The molecule has 162 valence electrons. The number of carbonyl (C=O) groups is 1. The first kappa shape index (κ1) is 21.4. The summed E-state index contributed by atoms with van der Waals surface area (Å²) in [5.41, 5.74) is 1.41. The predicted octanol–water partition coefficient (Wildman–Crippen LogP) is 4.03. The van der Waals surface area contributed by atoms with Gasteiger partial charge in [-0.2, -0.15) is 5.10 Å². The smallest absolute Gasteiger partial charge is 0.251 e. The fourth-order valence-electron chi connectivity index (χ4n) is 3.97. The van der Waals surface area contributed by atoms with Crippen LogP contribution in [0.4, 0.5) is 13.2 Å². The maximum Gasteiger partial charge on any atom is 0.251 e. The van der Waals surface area contributed by atoms with Crippen LogP contribution in [-0.2, 0) is 7.05 Å². The van der Waals surface area contributed by atoms with Crippen LogP contribution in [0.3, 0.4) is 0 Å². The number of amides is 1. The van der Waals surface area contributed by atoms with Crippen LogP contribution in [0.1, 0.15) is 28.3 Å². The molecule has 2 heterocycles. The SMILES string of the molecule is Cn1ncc(Cl)c1-c1ccc(C(=O)N[C@@H]2CNCC[C@H]2c2ccc(F)c(F)c2)cc1F. The molecule has 2 N–H and O–H groups in total. The van der Waals surface area contributed by atoms with Gasteiger partial charge in [0.25, 0.3) is 5.91 Å². The first-order valence-corrected chi connectivity index (χ1v) is 10.2. The molecule has 0 saturated carbocycles. The van der Waals surface area contributed by atoms with Gasteiger partial charge in [0, 0.05) is 36.7 Å². The summed E-state index contributed by atoms with van der Waals surface area (Å²) in [5, 5.41) is 10.4. The summed E-state index contributed by atoms with van der Waals surface area (Å²) in [5.74, 6) is -3.09. The largest absolute Gasteiger partial charge is 0.347 e. The second kappa shape index (κ2) is 8.72. The number of benzene rings is 2. The summed E-state index contributed by atoms with van der Waals surface area (Å²) in [4.78, 5) is 12.8. The number of halogens is 4. The maximum absolute atomic E-state index is 14.8. The molecule has 0 unspecified atom stereocenters. The second-order valence-electron chi connectivity index (χ2n) is 7.51. The number of rotatable bonds is 4. The van der Waals surface area contributed by atoms with Crippen molar-refractivity contribution in [3.05, 3.63) is 76.2 Å². The summed E-state index contributed by atoms with van der Waals surface area (Å²) in [6.07, 6.45) is 2.06. The number of aromatic nitrogens is 2. The molecule has 1 saturated heterocycles. The summed E-state index contributed by atoms with van der Waals surface area (Å²) >= 11 is 6.09. The van der Waals surface area contributed by atoms with Crippen molar-refractivity contribution in [2.45, 2.75) is 18.4 Å². The van der Waals surface area contributed by atoms with Crippen LogP contribution in [0.25, 0.3) is 11.3 Å². The van der Waals surface area contributed by atoms with Crippen LogP contribution < -0.4 is 10.6 Å². The summed E-state index contributed by atoms with van der Waals surface area (Å²) in [6, 6.07) is 7.57. The third-order valence-corrected chi connectivity index (χ3v) is 5.83. The van der Waals surface area contributed by atoms with E-state index in [0.29, 0.717) is 35.8 Å². The molecule has 1 aromatic heterocycles. The van der Waals surface area contributed by atoms with Gasteiger partial charge in [0.1, 0.15) is 5.82 Å². The number of carbonyl (C=O) groups excluding carboxylic acids is 1. The normalized spacial score (nSPS) is 18.7. The van der Waals surface area contributed by atoms with Gasteiger partial charge in [-0.25, -0.2) is 13.2 Å². The summed E-state index contributed by atoms with van der Waals surface area (Å²) < 4.78 is 43.2. The first-order valence-electron chi connectivity index (χ1n) is 9.79. The zero-order valence-electron chi connectivity index (χ0n) is 16.6. The topological polar surface area (TPSA) is 59.0 Å². The summed E-state index contributed by atoms with van der Waals surface area (Å²) in [7, 11) is 1.65. The van der Waals surface area contributed by atoms with Crippen molar-refractivity contribution in [1.29, 1.82) is 0 Å². The molecule has 0 aliphatic carbocycles. The minimum atomic E-state index is -0.924. The molecule has 0 radical (unpaired) electrons. The number of nitrogens with one attached hydrogen (secondary N) is 2. The zero-order valence-corrected chi connectivity index (χ0v) is 17.4. The molecule has 1 fully saturated rings. The Morgan fingerprint density at radius 3 is 2.65 bits per heavy atom. The number of nitrogens with zero attached hydrogens (tertiary/aromatic N) is 2. The molecule has 0 bridgehead atoms. The van der Waals surface area contributed by atoms with E-state index in [9.17, 15) is 18.0 Å². The summed E-state index contributed by atoms with van der Waals surface area (Å²) in [6.45, 7) is 1.14. The van der Waals surface area contributed by atoms with E-state index < -0.39 is 23.4 Å². The molecular weight excluding hydrogens is 429 g/mol. The van der Waals surface area contributed by atoms with Crippen molar-refractivity contribution in [1.82, 2.24) is 20.4 Å². The molecule has 0 spiro atoms. The van der Waals surface area contributed by atoms with E-state index in [2.05, 4.69) is 15.7 Å². The molecule has 2 aromatic carbocycles. The molecule has 1 amide bonds. The van der Waals surface area contributed by atoms with Gasteiger partial charge in [0.15, 0.2) is 11.6 Å². The van der Waals surface area contributed by atoms with Gasteiger partial charge in [-0.1, -0.05) is 17.7 Å². The number of hydrogen-bond acceptors (Lipinski definition) is 3. The third kappa shape index (κ3) is 4.31. The van der Waals surface area contributed by atoms with E-state index >= 15 is 0 Å². The monoisotopic (exact) mass is 448 g/mol. The quantitative estimate of drug-likeness (QED) is 0.633. The molecule has 31 heavy (non-hydrogen) atoms. The Balaban J connectivity index is 1.55.